The fourth-order valence-electron chi connectivity index (χ4n) is 3.31. The fraction of sp³-hybridized carbons (Fsp3) is 0.120. The molecule has 0 unspecified atom stereocenters. The smallest absolute Gasteiger partial charge is 0.493 e. The number of hydrogen-bond donors (Lipinski definition) is 0. The van der Waals surface area contributed by atoms with Crippen LogP contribution in [0.5, 0.6) is 28.7 Å². The van der Waals surface area contributed by atoms with Crippen molar-refractivity contribution >= 4 is 16.7 Å². The predicted molar refractivity (Wildman–Crippen MR) is 118 cm³/mol. The summed E-state index contributed by atoms with van der Waals surface area (Å²) in [7, 11) is 3.07. The lowest BCUT2D eigenvalue weighted by molar-refractivity contribution is -0.274. The quantitative estimate of drug-likeness (QED) is 0.302. The SMILES string of the molecule is COc1cc2nccc(Oc3ccc(C(=O)c4ccc(OC(F)(F)F)cc4)cc3)c2cc1OC. The summed E-state index contributed by atoms with van der Waals surface area (Å²) >= 11 is 0. The highest BCUT2D eigenvalue weighted by Gasteiger charge is 2.31. The zero-order valence-electron chi connectivity index (χ0n) is 18.1. The zero-order valence-corrected chi connectivity index (χ0v) is 18.1. The third kappa shape index (κ3) is 5.03. The summed E-state index contributed by atoms with van der Waals surface area (Å²) in [5, 5.41) is 0.710. The van der Waals surface area contributed by atoms with Crippen molar-refractivity contribution in [1.29, 1.82) is 0 Å². The highest BCUT2D eigenvalue weighted by molar-refractivity contribution is 6.09. The van der Waals surface area contributed by atoms with Gasteiger partial charge in [0, 0.05) is 28.8 Å². The van der Waals surface area contributed by atoms with E-state index < -0.39 is 12.1 Å². The van der Waals surface area contributed by atoms with Gasteiger partial charge in [0.2, 0.25) is 0 Å². The summed E-state index contributed by atoms with van der Waals surface area (Å²) < 4.78 is 57.4. The Labute approximate surface area is 192 Å². The fourth-order valence-corrected chi connectivity index (χ4v) is 3.31. The predicted octanol–water partition coefficient (Wildman–Crippen LogP) is 6.17. The molecule has 0 aliphatic rings. The summed E-state index contributed by atoms with van der Waals surface area (Å²) in [5.74, 6) is 1.34. The first kappa shape index (κ1) is 22.9. The number of ketones is 1. The monoisotopic (exact) mass is 469 g/mol. The minimum atomic E-state index is -4.79. The molecule has 34 heavy (non-hydrogen) atoms. The number of benzene rings is 3. The van der Waals surface area contributed by atoms with E-state index in [4.69, 9.17) is 14.2 Å². The first-order valence-corrected chi connectivity index (χ1v) is 9.96. The molecule has 1 heterocycles. The van der Waals surface area contributed by atoms with Crippen molar-refractivity contribution < 1.29 is 36.9 Å². The maximum atomic E-state index is 12.7. The first-order chi connectivity index (χ1) is 16.3. The molecule has 3 aromatic carbocycles. The second-order valence-electron chi connectivity index (χ2n) is 7.06. The molecule has 174 valence electrons. The largest absolute Gasteiger partial charge is 0.573 e. The standard InChI is InChI=1S/C25H18F3NO5/c1-31-22-13-19-20(14-23(22)32-2)29-12-11-21(19)33-17-7-3-15(4-8-17)24(30)16-5-9-18(10-6-16)34-25(26,27)28/h3-14H,1-2H3. The molecule has 0 radical (unpaired) electrons. The number of carbonyl (C=O) groups excluding carboxylic acids is 1. The minimum absolute atomic E-state index is 0.226. The average molecular weight is 469 g/mol. The van der Waals surface area contributed by atoms with E-state index in [1.807, 2.05) is 0 Å². The molecule has 9 heteroatoms. The van der Waals surface area contributed by atoms with Gasteiger partial charge in [0.15, 0.2) is 17.3 Å². The van der Waals surface area contributed by atoms with Crippen molar-refractivity contribution in [2.24, 2.45) is 0 Å². The Hall–Kier alpha value is -4.27. The Morgan fingerprint density at radius 2 is 1.32 bits per heavy atom. The van der Waals surface area contributed by atoms with Gasteiger partial charge in [-0.1, -0.05) is 0 Å². The molecule has 0 amide bonds. The molecule has 0 bridgehead atoms. The van der Waals surface area contributed by atoms with Gasteiger partial charge >= 0.3 is 6.36 Å². The Balaban J connectivity index is 1.53. The third-order valence-electron chi connectivity index (χ3n) is 4.90. The number of nitrogens with zero attached hydrogens (tertiary/aromatic N) is 1. The number of carbonyl (C=O) groups is 1. The van der Waals surface area contributed by atoms with Gasteiger partial charge in [0.05, 0.1) is 19.7 Å². The Morgan fingerprint density at radius 3 is 1.88 bits per heavy atom. The van der Waals surface area contributed by atoms with Crippen LogP contribution < -0.4 is 18.9 Å². The lowest BCUT2D eigenvalue weighted by Crippen LogP contribution is -2.17. The molecule has 0 atom stereocenters. The van der Waals surface area contributed by atoms with E-state index in [2.05, 4.69) is 9.72 Å². The van der Waals surface area contributed by atoms with Crippen LogP contribution in [0.1, 0.15) is 15.9 Å². The summed E-state index contributed by atoms with van der Waals surface area (Å²) in [5.41, 5.74) is 1.23. The van der Waals surface area contributed by atoms with Crippen LogP contribution in [0.4, 0.5) is 13.2 Å². The van der Waals surface area contributed by atoms with Crippen LogP contribution in [0.2, 0.25) is 0 Å². The molecule has 0 fully saturated rings. The summed E-state index contributed by atoms with van der Waals surface area (Å²) in [6.07, 6.45) is -3.19. The maximum Gasteiger partial charge on any atom is 0.573 e. The van der Waals surface area contributed by atoms with Gasteiger partial charge in [-0.3, -0.25) is 9.78 Å². The molecular weight excluding hydrogens is 451 g/mol. The van der Waals surface area contributed by atoms with Crippen LogP contribution in [-0.4, -0.2) is 31.3 Å². The number of alkyl halides is 3. The number of methoxy groups -OCH3 is 2. The van der Waals surface area contributed by atoms with E-state index in [0.29, 0.717) is 39.5 Å². The summed E-state index contributed by atoms with van der Waals surface area (Å²) in [6, 6.07) is 16.4. The van der Waals surface area contributed by atoms with Crippen molar-refractivity contribution in [3.05, 3.63) is 84.1 Å². The number of halogens is 3. The Morgan fingerprint density at radius 1 is 0.765 bits per heavy atom. The van der Waals surface area contributed by atoms with E-state index in [0.717, 1.165) is 12.1 Å². The van der Waals surface area contributed by atoms with Crippen molar-refractivity contribution in [2.45, 2.75) is 6.36 Å². The number of pyridine rings is 1. The first-order valence-electron chi connectivity index (χ1n) is 9.96. The second-order valence-corrected chi connectivity index (χ2v) is 7.06. The van der Waals surface area contributed by atoms with E-state index in [9.17, 15) is 18.0 Å². The zero-order chi connectivity index (χ0) is 24.3. The lowest BCUT2D eigenvalue weighted by Gasteiger charge is -2.12. The Kier molecular flexibility index (Phi) is 6.27. The molecule has 0 aliphatic carbocycles. The van der Waals surface area contributed by atoms with Crippen molar-refractivity contribution in [3.63, 3.8) is 0 Å². The number of rotatable bonds is 7. The second kappa shape index (κ2) is 9.30. The van der Waals surface area contributed by atoms with Gasteiger partial charge in [-0.2, -0.15) is 0 Å². The van der Waals surface area contributed by atoms with Gasteiger partial charge in [-0.25, -0.2) is 0 Å². The molecule has 6 nitrogen and oxygen atoms in total. The Bertz CT molecular complexity index is 1320. The molecule has 0 aliphatic heterocycles. The van der Waals surface area contributed by atoms with Crippen LogP contribution in [0.25, 0.3) is 10.9 Å². The maximum absolute atomic E-state index is 12.7. The van der Waals surface area contributed by atoms with Gasteiger partial charge in [-0.15, -0.1) is 13.2 Å². The molecule has 0 saturated heterocycles. The lowest BCUT2D eigenvalue weighted by atomic mass is 10.0. The molecular formula is C25H18F3NO5. The van der Waals surface area contributed by atoms with E-state index in [1.165, 1.54) is 26.4 Å². The van der Waals surface area contributed by atoms with Gasteiger partial charge in [0.1, 0.15) is 17.2 Å². The third-order valence-corrected chi connectivity index (χ3v) is 4.90. The van der Waals surface area contributed by atoms with Crippen LogP contribution in [0.3, 0.4) is 0 Å². The van der Waals surface area contributed by atoms with Crippen LogP contribution >= 0.6 is 0 Å². The van der Waals surface area contributed by atoms with Crippen LogP contribution in [0.15, 0.2) is 72.9 Å². The molecule has 0 N–H and O–H groups in total. The highest BCUT2D eigenvalue weighted by Crippen LogP contribution is 2.37. The van der Waals surface area contributed by atoms with Crippen molar-refractivity contribution in [1.82, 2.24) is 4.98 Å². The molecule has 0 saturated carbocycles. The minimum Gasteiger partial charge on any atom is -0.493 e. The average Bonchev–Trinajstić information content (AvgIpc) is 2.83. The molecule has 4 aromatic rings. The molecule has 1 aromatic heterocycles. The number of fused-ring (bicyclic) bond motifs is 1. The number of aromatic nitrogens is 1. The summed E-state index contributed by atoms with van der Waals surface area (Å²) in [4.78, 5) is 17.0. The number of hydrogen-bond acceptors (Lipinski definition) is 6. The highest BCUT2D eigenvalue weighted by atomic mass is 19.4. The van der Waals surface area contributed by atoms with E-state index in [1.54, 1.807) is 48.7 Å². The van der Waals surface area contributed by atoms with Gasteiger partial charge < -0.3 is 18.9 Å². The van der Waals surface area contributed by atoms with Gasteiger partial charge in [0.25, 0.3) is 0 Å². The van der Waals surface area contributed by atoms with Crippen molar-refractivity contribution in [2.75, 3.05) is 14.2 Å². The topological polar surface area (TPSA) is 66.9 Å². The van der Waals surface area contributed by atoms with Gasteiger partial charge in [-0.05, 0) is 60.7 Å². The van der Waals surface area contributed by atoms with E-state index in [-0.39, 0.29) is 11.3 Å². The normalized spacial score (nSPS) is 11.2. The molecule has 4 rings (SSSR count). The molecule has 0 spiro atoms. The van der Waals surface area contributed by atoms with Crippen molar-refractivity contribution in [3.8, 4) is 28.7 Å². The number of ether oxygens (including phenoxy) is 4. The van der Waals surface area contributed by atoms with E-state index >= 15 is 0 Å². The summed E-state index contributed by atoms with van der Waals surface area (Å²) in [6.45, 7) is 0. The van der Waals surface area contributed by atoms with Crippen LogP contribution in [-0.2, 0) is 0 Å². The van der Waals surface area contributed by atoms with Crippen LogP contribution in [0, 0.1) is 0 Å².